The third-order valence-corrected chi connectivity index (χ3v) is 2.69. The molecule has 0 N–H and O–H groups in total. The Balaban J connectivity index is 0.000000861. The molecule has 0 bridgehead atoms. The minimum atomic E-state index is 0.635. The van der Waals surface area contributed by atoms with Gasteiger partial charge in [-0.25, -0.2) is 0 Å². The Morgan fingerprint density at radius 2 is 1.63 bits per heavy atom. The summed E-state index contributed by atoms with van der Waals surface area (Å²) in [6.07, 6.45) is 2.28. The van der Waals surface area contributed by atoms with Crippen LogP contribution >= 0.6 is 10.1 Å². The van der Waals surface area contributed by atoms with Gasteiger partial charge in [0.2, 0.25) is 0 Å². The van der Waals surface area contributed by atoms with Crippen LogP contribution in [0.4, 0.5) is 0 Å². The molecule has 0 saturated heterocycles. The van der Waals surface area contributed by atoms with Crippen molar-refractivity contribution in [3.8, 4) is 5.75 Å². The number of ether oxygens (including phenoxy) is 1. The van der Waals surface area contributed by atoms with Crippen molar-refractivity contribution in [2.45, 2.75) is 26.4 Å². The van der Waals surface area contributed by atoms with Crippen LogP contribution in [0.2, 0.25) is 0 Å². The first-order chi connectivity index (χ1) is 9.38. The van der Waals surface area contributed by atoms with Crippen molar-refractivity contribution in [2.24, 2.45) is 0 Å². The molecule has 0 radical (unpaired) electrons. The first-order valence-electron chi connectivity index (χ1n) is 6.25. The predicted molar refractivity (Wildman–Crippen MR) is 77.1 cm³/mol. The molecule has 0 aliphatic carbocycles. The molecule has 0 aliphatic heterocycles. The van der Waals surface area contributed by atoms with E-state index in [9.17, 15) is 0 Å². The molecule has 3 heteroatoms. The molecule has 0 aliphatic rings. The molecule has 0 unspecified atom stereocenters. The first kappa shape index (κ1) is 16.1. The van der Waals surface area contributed by atoms with Crippen LogP contribution in [0.25, 0.3) is 0 Å². The van der Waals surface area contributed by atoms with Gasteiger partial charge >= 0.3 is 25.2 Å². The molecule has 0 amide bonds. The van der Waals surface area contributed by atoms with Crippen molar-refractivity contribution in [1.29, 1.82) is 0 Å². The van der Waals surface area contributed by atoms with Crippen molar-refractivity contribution < 1.29 is 19.8 Å². The summed E-state index contributed by atoms with van der Waals surface area (Å²) in [6.45, 7) is 2.83. The van der Waals surface area contributed by atoms with Crippen LogP contribution in [0, 0.1) is 0 Å². The van der Waals surface area contributed by atoms with E-state index in [1.54, 1.807) is 0 Å². The normalized spacial score (nSPS) is 9.47. The Morgan fingerprint density at radius 1 is 0.947 bits per heavy atom. The number of hydrogen-bond acceptors (Lipinski definition) is 1. The average molecular weight is 325 g/mol. The Kier molecular flexibility index (Phi) is 8.40. The van der Waals surface area contributed by atoms with Gasteiger partial charge in [-0.3, -0.25) is 0 Å². The van der Waals surface area contributed by atoms with Crippen molar-refractivity contribution in [3.63, 3.8) is 0 Å². The van der Waals surface area contributed by atoms with Gasteiger partial charge in [-0.1, -0.05) is 55.8 Å². The van der Waals surface area contributed by atoms with E-state index in [1.807, 2.05) is 24.3 Å². The zero-order chi connectivity index (χ0) is 13.9. The number of halogens is 1. The molecule has 0 fully saturated rings. The van der Waals surface area contributed by atoms with Crippen LogP contribution in [-0.4, -0.2) is 0 Å². The van der Waals surface area contributed by atoms with E-state index in [1.165, 1.54) is 17.5 Å². The van der Waals surface area contributed by atoms with Crippen LogP contribution in [0.15, 0.2) is 54.6 Å². The van der Waals surface area contributed by atoms with Crippen LogP contribution in [0.1, 0.15) is 24.5 Å². The summed E-state index contributed by atoms with van der Waals surface area (Å²) in [5.74, 6) is 0.958. The number of hydrogen-bond donors (Lipinski definition) is 0. The molecule has 0 saturated carbocycles. The maximum absolute atomic E-state index is 5.78. The summed E-state index contributed by atoms with van der Waals surface area (Å²) in [6, 6.07) is 18.6. The molecule has 2 aromatic carbocycles. The van der Waals surface area contributed by atoms with Crippen molar-refractivity contribution in [2.75, 3.05) is 0 Å². The monoisotopic (exact) mass is 324 g/mol. The average Bonchev–Trinajstić information content (AvgIpc) is 2.49. The Bertz CT molecular complexity index is 459. The van der Waals surface area contributed by atoms with E-state index in [2.05, 4.69) is 62.5 Å². The summed E-state index contributed by atoms with van der Waals surface area (Å²) in [4.78, 5) is 0. The van der Waals surface area contributed by atoms with Gasteiger partial charge < -0.3 is 4.74 Å². The van der Waals surface area contributed by atoms with Gasteiger partial charge in [-0.05, 0) is 29.7 Å². The second kappa shape index (κ2) is 9.91. The quantitative estimate of drug-likeness (QED) is 0.710. The summed E-state index contributed by atoms with van der Waals surface area (Å²) in [5, 5.41) is 0. The number of aryl methyl sites for hydroxylation is 1. The zero-order valence-electron chi connectivity index (χ0n) is 10.9. The molecule has 19 heavy (non-hydrogen) atoms. The molecule has 0 heterocycles. The van der Waals surface area contributed by atoms with E-state index < -0.39 is 0 Å². The summed E-state index contributed by atoms with van der Waals surface area (Å²) >= 11 is 3.66. The molecule has 2 rings (SSSR count). The van der Waals surface area contributed by atoms with Crippen LogP contribution in [0.3, 0.4) is 0 Å². The molecule has 1 nitrogen and oxygen atoms in total. The molecule has 0 atom stereocenters. The Hall–Kier alpha value is -0.951. The van der Waals surface area contributed by atoms with E-state index >= 15 is 0 Å². The van der Waals surface area contributed by atoms with Gasteiger partial charge in [0, 0.05) is 0 Å². The fourth-order valence-corrected chi connectivity index (χ4v) is 1.82. The van der Waals surface area contributed by atoms with Crippen molar-refractivity contribution in [3.05, 3.63) is 65.7 Å². The van der Waals surface area contributed by atoms with E-state index in [-0.39, 0.29) is 0 Å². The fraction of sp³-hybridized carbons (Fsp3) is 0.250. The molecule has 0 aromatic heterocycles. The summed E-state index contributed by atoms with van der Waals surface area (Å²) < 4.78 is 5.78. The van der Waals surface area contributed by atoms with Gasteiger partial charge in [0.05, 0.1) is 0 Å². The van der Waals surface area contributed by atoms with Crippen LogP contribution in [-0.2, 0) is 28.1 Å². The maximum atomic E-state index is 5.78. The zero-order valence-corrected chi connectivity index (χ0v) is 12.6. The minimum absolute atomic E-state index is 0.635. The summed E-state index contributed by atoms with van der Waals surface area (Å²) in [7, 11) is 4.20. The van der Waals surface area contributed by atoms with E-state index in [0.717, 1.165) is 12.2 Å². The van der Waals surface area contributed by atoms with Crippen LogP contribution < -0.4 is 4.74 Å². The molecular formula is C16H18ClCuO. The molecule has 0 spiro atoms. The third-order valence-electron chi connectivity index (χ3n) is 2.69. The first-order valence-corrected chi connectivity index (χ1v) is 7.55. The van der Waals surface area contributed by atoms with Gasteiger partial charge in [-0.2, -0.15) is 0 Å². The second-order valence-corrected chi connectivity index (χ2v) is 4.17. The molecule has 2 aromatic rings. The SMILES string of the molecule is CCCc1cccc(OCc2ccccc2)c1.[Cl][Cu]. The topological polar surface area (TPSA) is 9.23 Å². The van der Waals surface area contributed by atoms with Gasteiger partial charge in [0.25, 0.3) is 0 Å². The fourth-order valence-electron chi connectivity index (χ4n) is 1.82. The third kappa shape index (κ3) is 6.15. The van der Waals surface area contributed by atoms with E-state index in [0.29, 0.717) is 6.61 Å². The van der Waals surface area contributed by atoms with Crippen molar-refractivity contribution >= 4 is 10.1 Å². The Labute approximate surface area is 128 Å². The number of rotatable bonds is 5. The Morgan fingerprint density at radius 3 is 2.32 bits per heavy atom. The van der Waals surface area contributed by atoms with Crippen LogP contribution in [0.5, 0.6) is 5.75 Å². The number of benzene rings is 2. The van der Waals surface area contributed by atoms with Gasteiger partial charge in [-0.15, -0.1) is 0 Å². The van der Waals surface area contributed by atoms with Gasteiger partial charge in [0.15, 0.2) is 0 Å². The molecule has 106 valence electrons. The second-order valence-electron chi connectivity index (χ2n) is 4.17. The van der Waals surface area contributed by atoms with Crippen molar-refractivity contribution in [1.82, 2.24) is 0 Å². The predicted octanol–water partition coefficient (Wildman–Crippen LogP) is 4.91. The molecular weight excluding hydrogens is 307 g/mol. The standard InChI is InChI=1S/C16H18O.ClH.Cu/c1-2-7-14-10-6-11-16(12-14)17-13-15-8-4-3-5-9-15;;/h3-6,8-12H,2,7,13H2,1H3;1H;/q;;+1/p-1. The van der Waals surface area contributed by atoms with E-state index in [4.69, 9.17) is 4.74 Å². The summed E-state index contributed by atoms with van der Waals surface area (Å²) in [5.41, 5.74) is 2.55. The van der Waals surface area contributed by atoms with Gasteiger partial charge in [0.1, 0.15) is 12.4 Å².